The number of nitrogens with one attached hydrogen (secondary N) is 1. The van der Waals surface area contributed by atoms with E-state index in [2.05, 4.69) is 15.3 Å². The molecule has 1 aromatic heterocycles. The van der Waals surface area contributed by atoms with Gasteiger partial charge < -0.3 is 5.32 Å². The molecule has 0 fully saturated rings. The fourth-order valence-electron chi connectivity index (χ4n) is 1.51. The van der Waals surface area contributed by atoms with Gasteiger partial charge in [0, 0.05) is 17.6 Å². The lowest BCUT2D eigenvalue weighted by atomic mass is 10.1. The molecule has 0 aliphatic carbocycles. The molecule has 1 heterocycles. The van der Waals surface area contributed by atoms with Crippen LogP contribution in [0.3, 0.4) is 0 Å². The van der Waals surface area contributed by atoms with E-state index in [9.17, 15) is 10.1 Å². The first kappa shape index (κ1) is 13.5. The van der Waals surface area contributed by atoms with Gasteiger partial charge in [-0.05, 0) is 18.2 Å². The van der Waals surface area contributed by atoms with Crippen LogP contribution < -0.4 is 5.32 Å². The van der Waals surface area contributed by atoms with Gasteiger partial charge in [0.25, 0.3) is 0 Å². The lowest BCUT2D eigenvalue weighted by molar-refractivity contribution is -0.384. The van der Waals surface area contributed by atoms with Crippen LogP contribution in [-0.4, -0.2) is 21.9 Å². The average molecular weight is 299 g/mol. The number of halogens is 2. The van der Waals surface area contributed by atoms with Gasteiger partial charge in [-0.3, -0.25) is 10.1 Å². The summed E-state index contributed by atoms with van der Waals surface area (Å²) in [4.78, 5) is 18.4. The highest BCUT2D eigenvalue weighted by Crippen LogP contribution is 2.34. The van der Waals surface area contributed by atoms with E-state index < -0.39 is 4.92 Å². The third-order valence-corrected chi connectivity index (χ3v) is 2.92. The third kappa shape index (κ3) is 2.74. The third-order valence-electron chi connectivity index (χ3n) is 2.38. The van der Waals surface area contributed by atoms with Crippen molar-refractivity contribution in [2.24, 2.45) is 0 Å². The van der Waals surface area contributed by atoms with Crippen molar-refractivity contribution >= 4 is 34.8 Å². The van der Waals surface area contributed by atoms with E-state index in [1.54, 1.807) is 19.2 Å². The number of nitro groups is 1. The lowest BCUT2D eigenvalue weighted by Crippen LogP contribution is -2.01. The topological polar surface area (TPSA) is 81.0 Å². The fourth-order valence-corrected chi connectivity index (χ4v) is 2.01. The van der Waals surface area contributed by atoms with Crippen LogP contribution in [-0.2, 0) is 0 Å². The van der Waals surface area contributed by atoms with Crippen molar-refractivity contribution in [1.82, 2.24) is 9.97 Å². The monoisotopic (exact) mass is 298 g/mol. The van der Waals surface area contributed by atoms with Gasteiger partial charge in [0.2, 0.25) is 5.95 Å². The summed E-state index contributed by atoms with van der Waals surface area (Å²) in [5.74, 6) is 0.270. The Labute approximate surface area is 118 Å². The Balaban J connectivity index is 2.68. The number of nitrogens with zero attached hydrogens (tertiary/aromatic N) is 3. The van der Waals surface area contributed by atoms with Crippen LogP contribution in [0.25, 0.3) is 11.3 Å². The quantitative estimate of drug-likeness (QED) is 0.694. The molecule has 98 valence electrons. The van der Waals surface area contributed by atoms with Crippen LogP contribution in [0.5, 0.6) is 0 Å². The van der Waals surface area contributed by atoms with E-state index >= 15 is 0 Å². The van der Waals surface area contributed by atoms with Crippen molar-refractivity contribution in [3.63, 3.8) is 0 Å². The minimum Gasteiger partial charge on any atom is -0.357 e. The Morgan fingerprint density at radius 1 is 1.37 bits per heavy atom. The van der Waals surface area contributed by atoms with Crippen molar-refractivity contribution in [3.8, 4) is 11.3 Å². The molecule has 8 heteroatoms. The second-order valence-corrected chi connectivity index (χ2v) is 4.40. The average Bonchev–Trinajstić information content (AvgIpc) is 2.38. The minimum absolute atomic E-state index is 0.144. The molecular weight excluding hydrogens is 291 g/mol. The van der Waals surface area contributed by atoms with Crippen LogP contribution in [0.1, 0.15) is 0 Å². The molecule has 2 rings (SSSR count). The molecule has 0 spiro atoms. The summed E-state index contributed by atoms with van der Waals surface area (Å²) in [6.45, 7) is 0. The van der Waals surface area contributed by atoms with E-state index in [0.29, 0.717) is 10.6 Å². The summed E-state index contributed by atoms with van der Waals surface area (Å²) < 4.78 is 0. The molecule has 0 radical (unpaired) electrons. The maximum atomic E-state index is 11.0. The second-order valence-electron chi connectivity index (χ2n) is 3.56. The molecule has 1 aromatic carbocycles. The largest absolute Gasteiger partial charge is 0.357 e. The van der Waals surface area contributed by atoms with Crippen LogP contribution in [0, 0.1) is 10.1 Å². The minimum atomic E-state index is -0.556. The highest BCUT2D eigenvalue weighted by Gasteiger charge is 2.20. The van der Waals surface area contributed by atoms with E-state index in [1.807, 2.05) is 0 Å². The van der Waals surface area contributed by atoms with Gasteiger partial charge in [-0.25, -0.2) is 9.97 Å². The molecule has 0 aliphatic rings. The first-order chi connectivity index (χ1) is 9.02. The molecule has 0 saturated carbocycles. The first-order valence-electron chi connectivity index (χ1n) is 5.17. The zero-order chi connectivity index (χ0) is 14.0. The Morgan fingerprint density at radius 3 is 2.68 bits per heavy atom. The van der Waals surface area contributed by atoms with E-state index in [4.69, 9.17) is 23.2 Å². The fraction of sp³-hybridized carbons (Fsp3) is 0.0909. The summed E-state index contributed by atoms with van der Waals surface area (Å²) in [6, 6.07) is 4.68. The van der Waals surface area contributed by atoms with Gasteiger partial charge in [-0.15, -0.1) is 0 Å². The summed E-state index contributed by atoms with van der Waals surface area (Å²) in [7, 11) is 1.62. The highest BCUT2D eigenvalue weighted by molar-refractivity contribution is 6.36. The van der Waals surface area contributed by atoms with Gasteiger partial charge in [0.05, 0.1) is 9.95 Å². The van der Waals surface area contributed by atoms with Crippen molar-refractivity contribution < 1.29 is 4.92 Å². The number of hydrogen-bond acceptors (Lipinski definition) is 5. The van der Waals surface area contributed by atoms with Crippen molar-refractivity contribution in [2.45, 2.75) is 0 Å². The number of hydrogen-bond donors (Lipinski definition) is 1. The van der Waals surface area contributed by atoms with Crippen molar-refractivity contribution in [1.29, 1.82) is 0 Å². The number of benzene rings is 1. The Morgan fingerprint density at radius 2 is 2.11 bits per heavy atom. The number of anilines is 1. The number of rotatable bonds is 3. The molecule has 0 unspecified atom stereocenters. The molecule has 0 aliphatic heterocycles. The molecule has 0 amide bonds. The summed E-state index contributed by atoms with van der Waals surface area (Å²) in [5.41, 5.74) is 0.353. The van der Waals surface area contributed by atoms with E-state index in [-0.39, 0.29) is 22.4 Å². The second kappa shape index (κ2) is 5.38. The van der Waals surface area contributed by atoms with Gasteiger partial charge >= 0.3 is 5.69 Å². The Kier molecular flexibility index (Phi) is 3.82. The first-order valence-corrected chi connectivity index (χ1v) is 5.93. The van der Waals surface area contributed by atoms with E-state index in [0.717, 1.165) is 6.20 Å². The maximum absolute atomic E-state index is 11.0. The van der Waals surface area contributed by atoms with Gasteiger partial charge in [-0.2, -0.15) is 0 Å². The van der Waals surface area contributed by atoms with Crippen molar-refractivity contribution in [2.75, 3.05) is 12.4 Å². The van der Waals surface area contributed by atoms with Gasteiger partial charge in [0.15, 0.2) is 5.69 Å². The van der Waals surface area contributed by atoms with Crippen LogP contribution in [0.2, 0.25) is 10.0 Å². The summed E-state index contributed by atoms with van der Waals surface area (Å²) in [5, 5.41) is 14.5. The smallest absolute Gasteiger partial charge is 0.313 e. The molecule has 6 nitrogen and oxygen atoms in total. The maximum Gasteiger partial charge on any atom is 0.313 e. The van der Waals surface area contributed by atoms with E-state index in [1.165, 1.54) is 6.07 Å². The SMILES string of the molecule is CNc1ncc([N+](=O)[O-])c(-c2ccc(Cl)cc2Cl)n1. The highest BCUT2D eigenvalue weighted by atomic mass is 35.5. The normalized spacial score (nSPS) is 10.3. The molecule has 0 atom stereocenters. The van der Waals surface area contributed by atoms with Gasteiger partial charge in [-0.1, -0.05) is 23.2 Å². The number of aromatic nitrogens is 2. The van der Waals surface area contributed by atoms with Crippen LogP contribution in [0.4, 0.5) is 11.6 Å². The molecule has 1 N–H and O–H groups in total. The zero-order valence-corrected chi connectivity index (χ0v) is 11.2. The van der Waals surface area contributed by atoms with Crippen LogP contribution in [0.15, 0.2) is 24.4 Å². The zero-order valence-electron chi connectivity index (χ0n) is 9.72. The molecule has 0 bridgehead atoms. The molecule has 2 aromatic rings. The molecular formula is C11H8Cl2N4O2. The summed E-state index contributed by atoms with van der Waals surface area (Å²) >= 11 is 11.9. The predicted molar refractivity (Wildman–Crippen MR) is 73.7 cm³/mol. The Bertz CT molecular complexity index is 649. The predicted octanol–water partition coefficient (Wildman–Crippen LogP) is 3.40. The molecule has 0 saturated heterocycles. The van der Waals surface area contributed by atoms with Crippen molar-refractivity contribution in [3.05, 3.63) is 44.6 Å². The summed E-state index contributed by atoms with van der Waals surface area (Å²) in [6.07, 6.45) is 1.14. The lowest BCUT2D eigenvalue weighted by Gasteiger charge is -2.06. The van der Waals surface area contributed by atoms with Crippen LogP contribution >= 0.6 is 23.2 Å². The standard InChI is InChI=1S/C11H8Cl2N4O2/c1-14-11-15-5-9(17(18)19)10(16-11)7-3-2-6(12)4-8(7)13/h2-5H,1H3,(H,14,15,16). The Hall–Kier alpha value is -1.92. The van der Waals surface area contributed by atoms with Gasteiger partial charge in [0.1, 0.15) is 6.20 Å². The molecule has 19 heavy (non-hydrogen) atoms.